The average Bonchev–Trinajstić information content (AvgIpc) is 2.79. The van der Waals surface area contributed by atoms with Gasteiger partial charge in [-0.3, -0.25) is 14.5 Å². The number of carbonyl (C=O) groups excluding carboxylic acids is 2. The van der Waals surface area contributed by atoms with Crippen LogP contribution in [0.4, 0.5) is 0 Å². The van der Waals surface area contributed by atoms with Gasteiger partial charge in [-0.25, -0.2) is 0 Å². The maximum atomic E-state index is 12.0. The SMILES string of the molecule is CNC(C)CCCCN1C(=O)C2C(C1=O)C2(C)C. The fourth-order valence-electron chi connectivity index (χ4n) is 3.09. The lowest BCUT2D eigenvalue weighted by Gasteiger charge is -2.20. The highest BCUT2D eigenvalue weighted by Gasteiger charge is 2.72. The molecule has 2 amide bonds. The molecule has 1 aliphatic carbocycles. The molecule has 3 atom stereocenters. The summed E-state index contributed by atoms with van der Waals surface area (Å²) < 4.78 is 0. The summed E-state index contributed by atoms with van der Waals surface area (Å²) in [5.41, 5.74) is -0.0781. The van der Waals surface area contributed by atoms with Gasteiger partial charge in [-0.2, -0.15) is 0 Å². The monoisotopic (exact) mass is 252 g/mol. The number of imide groups is 1. The van der Waals surface area contributed by atoms with E-state index in [-0.39, 0.29) is 29.1 Å². The van der Waals surface area contributed by atoms with Crippen molar-refractivity contribution >= 4 is 11.8 Å². The molecule has 0 bridgehead atoms. The second-order valence-electron chi connectivity index (χ2n) is 6.29. The van der Waals surface area contributed by atoms with Crippen molar-refractivity contribution in [3.05, 3.63) is 0 Å². The van der Waals surface area contributed by atoms with Gasteiger partial charge in [0.25, 0.3) is 0 Å². The zero-order valence-electron chi connectivity index (χ0n) is 11.8. The first kappa shape index (κ1) is 13.5. The molecule has 102 valence electrons. The highest BCUT2D eigenvalue weighted by atomic mass is 16.2. The molecule has 1 N–H and O–H groups in total. The lowest BCUT2D eigenvalue weighted by molar-refractivity contribution is -0.143. The summed E-state index contributed by atoms with van der Waals surface area (Å²) >= 11 is 0. The Kier molecular flexibility index (Phi) is 3.49. The van der Waals surface area contributed by atoms with Crippen LogP contribution in [0.15, 0.2) is 0 Å². The molecule has 1 heterocycles. The largest absolute Gasteiger partial charge is 0.317 e. The minimum Gasteiger partial charge on any atom is -0.317 e. The van der Waals surface area contributed by atoms with Gasteiger partial charge in [0.1, 0.15) is 0 Å². The van der Waals surface area contributed by atoms with Crippen molar-refractivity contribution in [1.82, 2.24) is 10.2 Å². The van der Waals surface area contributed by atoms with Crippen LogP contribution in [-0.2, 0) is 9.59 Å². The molecule has 0 spiro atoms. The smallest absolute Gasteiger partial charge is 0.233 e. The number of fused-ring (bicyclic) bond motifs is 1. The van der Waals surface area contributed by atoms with Crippen LogP contribution in [0.3, 0.4) is 0 Å². The van der Waals surface area contributed by atoms with Crippen molar-refractivity contribution in [1.29, 1.82) is 0 Å². The van der Waals surface area contributed by atoms with Crippen molar-refractivity contribution in [2.75, 3.05) is 13.6 Å². The maximum absolute atomic E-state index is 12.0. The van der Waals surface area contributed by atoms with E-state index in [1.54, 1.807) is 0 Å². The van der Waals surface area contributed by atoms with Crippen molar-refractivity contribution in [2.45, 2.75) is 46.1 Å². The molecule has 2 fully saturated rings. The van der Waals surface area contributed by atoms with Crippen LogP contribution in [0.2, 0.25) is 0 Å². The fourth-order valence-corrected chi connectivity index (χ4v) is 3.09. The van der Waals surface area contributed by atoms with Gasteiger partial charge in [0, 0.05) is 12.6 Å². The molecule has 18 heavy (non-hydrogen) atoms. The highest BCUT2D eigenvalue weighted by molar-refractivity contribution is 6.10. The summed E-state index contributed by atoms with van der Waals surface area (Å²) in [6.45, 7) is 6.79. The molecular weight excluding hydrogens is 228 g/mol. The number of nitrogens with one attached hydrogen (secondary N) is 1. The Bertz CT molecular complexity index is 341. The zero-order chi connectivity index (χ0) is 13.5. The molecule has 2 rings (SSSR count). The van der Waals surface area contributed by atoms with Crippen LogP contribution >= 0.6 is 0 Å². The Balaban J connectivity index is 1.76. The molecular formula is C14H24N2O2. The topological polar surface area (TPSA) is 49.4 Å². The van der Waals surface area contributed by atoms with Crippen LogP contribution in [0.25, 0.3) is 0 Å². The molecule has 1 saturated heterocycles. The first-order valence-corrected chi connectivity index (χ1v) is 6.93. The minimum atomic E-state index is -0.0781. The van der Waals surface area contributed by atoms with Gasteiger partial charge in [-0.05, 0) is 32.2 Å². The van der Waals surface area contributed by atoms with Gasteiger partial charge in [-0.15, -0.1) is 0 Å². The van der Waals surface area contributed by atoms with E-state index in [1.165, 1.54) is 4.90 Å². The second-order valence-corrected chi connectivity index (χ2v) is 6.29. The quantitative estimate of drug-likeness (QED) is 0.574. The van der Waals surface area contributed by atoms with E-state index in [0.29, 0.717) is 12.6 Å². The van der Waals surface area contributed by atoms with E-state index in [4.69, 9.17) is 0 Å². The highest BCUT2D eigenvalue weighted by Crippen LogP contribution is 2.63. The predicted molar refractivity (Wildman–Crippen MR) is 69.9 cm³/mol. The van der Waals surface area contributed by atoms with Gasteiger partial charge in [-0.1, -0.05) is 20.3 Å². The van der Waals surface area contributed by atoms with E-state index in [9.17, 15) is 9.59 Å². The van der Waals surface area contributed by atoms with Gasteiger partial charge in [0.05, 0.1) is 11.8 Å². The summed E-state index contributed by atoms with van der Waals surface area (Å²) in [5, 5.41) is 3.19. The normalized spacial score (nSPS) is 30.6. The van der Waals surface area contributed by atoms with Gasteiger partial charge < -0.3 is 5.32 Å². The first-order valence-electron chi connectivity index (χ1n) is 6.93. The summed E-state index contributed by atoms with van der Waals surface area (Å²) in [4.78, 5) is 25.6. The van der Waals surface area contributed by atoms with Gasteiger partial charge in [0.2, 0.25) is 11.8 Å². The maximum Gasteiger partial charge on any atom is 0.233 e. The summed E-state index contributed by atoms with van der Waals surface area (Å²) in [5.74, 6) is 0.0794. The van der Waals surface area contributed by atoms with E-state index in [1.807, 2.05) is 20.9 Å². The summed E-state index contributed by atoms with van der Waals surface area (Å²) in [6.07, 6.45) is 3.06. The number of amides is 2. The second kappa shape index (κ2) is 4.65. The average molecular weight is 252 g/mol. The Labute approximate surface area is 109 Å². The molecule has 4 heteroatoms. The number of nitrogens with zero attached hydrogens (tertiary/aromatic N) is 1. The molecule has 1 aliphatic heterocycles. The Morgan fingerprint density at radius 2 is 1.78 bits per heavy atom. The van der Waals surface area contributed by atoms with E-state index >= 15 is 0 Å². The van der Waals surface area contributed by atoms with E-state index < -0.39 is 0 Å². The Morgan fingerprint density at radius 1 is 1.22 bits per heavy atom. The number of likely N-dealkylation sites (tertiary alicyclic amines) is 1. The molecule has 0 aromatic heterocycles. The van der Waals surface area contributed by atoms with Crippen LogP contribution in [0.5, 0.6) is 0 Å². The Morgan fingerprint density at radius 3 is 2.28 bits per heavy atom. The van der Waals surface area contributed by atoms with Gasteiger partial charge >= 0.3 is 0 Å². The lowest BCUT2D eigenvalue weighted by Crippen LogP contribution is -2.37. The molecule has 0 aromatic rings. The van der Waals surface area contributed by atoms with E-state index in [2.05, 4.69) is 12.2 Å². The van der Waals surface area contributed by atoms with Crippen LogP contribution in [-0.4, -0.2) is 36.3 Å². The first-order chi connectivity index (χ1) is 8.41. The molecule has 0 aromatic carbocycles. The lowest BCUT2D eigenvalue weighted by atomic mass is 10.1. The van der Waals surface area contributed by atoms with Crippen molar-refractivity contribution in [3.8, 4) is 0 Å². The number of unbranched alkanes of at least 4 members (excludes halogenated alkanes) is 1. The number of carbonyl (C=O) groups is 2. The molecule has 0 radical (unpaired) electrons. The molecule has 4 nitrogen and oxygen atoms in total. The van der Waals surface area contributed by atoms with Crippen molar-refractivity contribution in [2.24, 2.45) is 17.3 Å². The standard InChI is InChI=1S/C14H24N2O2/c1-9(15-4)7-5-6-8-16-12(17)10-11(13(16)18)14(10,2)3/h9-11,15H,5-8H2,1-4H3. The van der Waals surface area contributed by atoms with Crippen LogP contribution in [0.1, 0.15) is 40.0 Å². The third-order valence-corrected chi connectivity index (χ3v) is 4.65. The number of rotatable bonds is 6. The summed E-state index contributed by atoms with van der Waals surface area (Å²) in [7, 11) is 1.95. The Hall–Kier alpha value is -0.900. The minimum absolute atomic E-state index is 0.0266. The van der Waals surface area contributed by atoms with Crippen LogP contribution < -0.4 is 5.32 Å². The third-order valence-electron chi connectivity index (χ3n) is 4.65. The van der Waals surface area contributed by atoms with Gasteiger partial charge in [0.15, 0.2) is 0 Å². The number of piperidine rings is 1. The van der Waals surface area contributed by atoms with Crippen molar-refractivity contribution in [3.63, 3.8) is 0 Å². The van der Waals surface area contributed by atoms with Crippen molar-refractivity contribution < 1.29 is 9.59 Å². The number of hydrogen-bond donors (Lipinski definition) is 1. The predicted octanol–water partition coefficient (Wildman–Crippen LogP) is 1.41. The molecule has 1 saturated carbocycles. The number of hydrogen-bond acceptors (Lipinski definition) is 3. The zero-order valence-corrected chi connectivity index (χ0v) is 11.8. The van der Waals surface area contributed by atoms with Crippen LogP contribution in [0, 0.1) is 17.3 Å². The summed E-state index contributed by atoms with van der Waals surface area (Å²) in [6, 6.07) is 0.502. The third kappa shape index (κ3) is 2.07. The molecule has 3 unspecified atom stereocenters. The molecule has 2 aliphatic rings. The van der Waals surface area contributed by atoms with E-state index in [0.717, 1.165) is 19.3 Å². The fraction of sp³-hybridized carbons (Fsp3) is 0.857.